The summed E-state index contributed by atoms with van der Waals surface area (Å²) in [5.41, 5.74) is 12.2. The number of fused-ring (bicyclic) bond motifs is 2. The molecule has 0 unspecified atom stereocenters. The van der Waals surface area contributed by atoms with Gasteiger partial charge in [-0.1, -0.05) is 23.2 Å². The summed E-state index contributed by atoms with van der Waals surface area (Å²) in [6, 6.07) is 5.43. The van der Waals surface area contributed by atoms with Gasteiger partial charge in [0.05, 0.1) is 32.5 Å². The molecule has 2 aliphatic heterocycles. The number of carbonyl (C=O) groups excluding carboxylic acids is 2. The summed E-state index contributed by atoms with van der Waals surface area (Å²) in [7, 11) is 0. The summed E-state index contributed by atoms with van der Waals surface area (Å²) < 4.78 is 54.4. The van der Waals surface area contributed by atoms with Gasteiger partial charge in [0.25, 0.3) is 0 Å². The predicted molar refractivity (Wildman–Crippen MR) is 153 cm³/mol. The van der Waals surface area contributed by atoms with Gasteiger partial charge in [0.15, 0.2) is 34.8 Å². The average molecular weight is 627 g/mol. The van der Waals surface area contributed by atoms with Crippen LogP contribution in [0.25, 0.3) is 21.8 Å². The van der Waals surface area contributed by atoms with Gasteiger partial charge >= 0.3 is 0 Å². The van der Waals surface area contributed by atoms with Crippen molar-refractivity contribution in [3.05, 3.63) is 69.0 Å². The molecule has 0 saturated carbocycles. The lowest BCUT2D eigenvalue weighted by atomic mass is 9.97. The molecule has 6 rings (SSSR count). The quantitative estimate of drug-likeness (QED) is 0.106. The van der Waals surface area contributed by atoms with Crippen molar-refractivity contribution in [1.82, 2.24) is 20.6 Å². The Bertz CT molecular complexity index is 1550. The number of benzene rings is 2. The molecular weight excluding hydrogens is 599 g/mol. The second kappa shape index (κ2) is 12.3. The molecule has 4 atom stereocenters. The molecule has 0 spiro atoms. The third-order valence-corrected chi connectivity index (χ3v) is 8.33. The van der Waals surface area contributed by atoms with Crippen molar-refractivity contribution in [3.8, 4) is 0 Å². The Labute approximate surface area is 247 Å². The highest BCUT2D eigenvalue weighted by atomic mass is 35.5. The summed E-state index contributed by atoms with van der Waals surface area (Å²) in [5, 5.41) is 6.36. The molecule has 14 heteroatoms. The standard InChI is InChI=1S/2C14H14ClF2N3O/c2*15-8-1-6-2-10(20-14(6)13(17)12(8)16)11(21)3-7-4-19-5-9(7)18/h2*1-2,7,9,19-20H,3-5,18H2/t2*7-,9+/m10/s1. The number of aromatic nitrogens is 2. The second-order valence-corrected chi connectivity index (χ2v) is 11.5. The van der Waals surface area contributed by atoms with Crippen molar-refractivity contribution in [1.29, 1.82) is 0 Å². The van der Waals surface area contributed by atoms with Crippen molar-refractivity contribution in [2.75, 3.05) is 26.2 Å². The number of ketones is 2. The van der Waals surface area contributed by atoms with Crippen LogP contribution in [-0.2, 0) is 0 Å². The Balaban J connectivity index is 0.000000168. The number of nitrogens with one attached hydrogen (secondary N) is 4. The summed E-state index contributed by atoms with van der Waals surface area (Å²) in [6.07, 6.45) is 0.525. The number of rotatable bonds is 6. The van der Waals surface area contributed by atoms with Crippen LogP contribution in [-0.4, -0.2) is 59.8 Å². The molecule has 0 amide bonds. The van der Waals surface area contributed by atoms with E-state index in [0.717, 1.165) is 0 Å². The molecule has 2 fully saturated rings. The van der Waals surface area contributed by atoms with E-state index < -0.39 is 23.3 Å². The number of carbonyl (C=O) groups is 2. The smallest absolute Gasteiger partial charge is 0.184 e. The van der Waals surface area contributed by atoms with Crippen LogP contribution in [0.4, 0.5) is 17.6 Å². The summed E-state index contributed by atoms with van der Waals surface area (Å²) in [6.45, 7) is 2.73. The first-order valence-corrected chi connectivity index (χ1v) is 14.0. The fraction of sp³-hybridized carbons (Fsp3) is 0.357. The molecule has 2 aromatic carbocycles. The molecule has 4 aromatic rings. The molecular formula is C28H28Cl2F4N6O2. The Morgan fingerprint density at radius 2 is 1.05 bits per heavy atom. The number of Topliss-reactive ketones (excluding diaryl/α,β-unsaturated/α-hetero) is 2. The average Bonchev–Trinajstić information content (AvgIpc) is 3.75. The zero-order valence-corrected chi connectivity index (χ0v) is 23.6. The number of nitrogens with two attached hydrogens (primary N) is 2. The van der Waals surface area contributed by atoms with E-state index in [9.17, 15) is 27.2 Å². The first-order valence-electron chi connectivity index (χ1n) is 13.3. The van der Waals surface area contributed by atoms with Gasteiger partial charge in [-0.25, -0.2) is 17.6 Å². The summed E-state index contributed by atoms with van der Waals surface area (Å²) >= 11 is 11.2. The Hall–Kier alpha value is -3.00. The molecule has 4 heterocycles. The zero-order valence-electron chi connectivity index (χ0n) is 22.1. The number of hydrogen-bond acceptors (Lipinski definition) is 6. The van der Waals surface area contributed by atoms with Gasteiger partial charge < -0.3 is 32.1 Å². The van der Waals surface area contributed by atoms with Crippen LogP contribution in [0.15, 0.2) is 24.3 Å². The molecule has 224 valence electrons. The third-order valence-electron chi connectivity index (χ3n) is 7.78. The van der Waals surface area contributed by atoms with Crippen LogP contribution in [0.2, 0.25) is 10.0 Å². The van der Waals surface area contributed by atoms with E-state index in [2.05, 4.69) is 20.6 Å². The Morgan fingerprint density at radius 3 is 1.38 bits per heavy atom. The first kappa shape index (κ1) is 30.5. The van der Waals surface area contributed by atoms with E-state index in [4.69, 9.17) is 34.7 Å². The molecule has 8 nitrogen and oxygen atoms in total. The summed E-state index contributed by atoms with van der Waals surface area (Å²) in [5.74, 6) is -4.63. The van der Waals surface area contributed by atoms with E-state index in [-0.39, 0.29) is 80.8 Å². The maximum absolute atomic E-state index is 13.8. The highest BCUT2D eigenvalue weighted by Crippen LogP contribution is 2.29. The highest BCUT2D eigenvalue weighted by Gasteiger charge is 2.28. The van der Waals surface area contributed by atoms with Crippen molar-refractivity contribution in [3.63, 3.8) is 0 Å². The maximum Gasteiger partial charge on any atom is 0.184 e. The minimum atomic E-state index is -1.12. The van der Waals surface area contributed by atoms with Gasteiger partial charge in [0.1, 0.15) is 0 Å². The van der Waals surface area contributed by atoms with E-state index in [1.54, 1.807) is 0 Å². The molecule has 8 N–H and O–H groups in total. The molecule has 2 aromatic heterocycles. The number of H-pyrrole nitrogens is 2. The normalized spacial score (nSPS) is 22.1. The van der Waals surface area contributed by atoms with Crippen LogP contribution in [0.3, 0.4) is 0 Å². The van der Waals surface area contributed by atoms with Crippen LogP contribution >= 0.6 is 23.2 Å². The van der Waals surface area contributed by atoms with E-state index in [1.165, 1.54) is 24.3 Å². The first-order chi connectivity index (χ1) is 19.9. The summed E-state index contributed by atoms with van der Waals surface area (Å²) in [4.78, 5) is 29.7. The van der Waals surface area contributed by atoms with Gasteiger partial charge in [-0.3, -0.25) is 9.59 Å². The SMILES string of the molecule is N[C@@H]1CNC[C@@H]1CC(=O)c1cc2cc(Cl)c(F)c(F)c2[nH]1.N[C@H]1CNC[C@H]1CC(=O)c1cc2cc(Cl)c(F)c(F)c2[nH]1. The van der Waals surface area contributed by atoms with Crippen LogP contribution in [0, 0.1) is 35.1 Å². The van der Waals surface area contributed by atoms with E-state index >= 15 is 0 Å². The topological polar surface area (TPSA) is 142 Å². The number of hydrogen-bond donors (Lipinski definition) is 6. The number of aromatic amines is 2. The fourth-order valence-electron chi connectivity index (χ4n) is 5.31. The molecule has 2 aliphatic rings. The monoisotopic (exact) mass is 626 g/mol. The predicted octanol–water partition coefficient (Wildman–Crippen LogP) is 4.44. The molecule has 42 heavy (non-hydrogen) atoms. The number of halogens is 6. The van der Waals surface area contributed by atoms with Crippen LogP contribution < -0.4 is 22.1 Å². The van der Waals surface area contributed by atoms with Gasteiger partial charge in [-0.2, -0.15) is 0 Å². The molecule has 0 radical (unpaired) electrons. The maximum atomic E-state index is 13.8. The molecule has 2 saturated heterocycles. The van der Waals surface area contributed by atoms with Crippen molar-refractivity contribution >= 4 is 56.6 Å². The Kier molecular flexibility index (Phi) is 8.93. The lowest BCUT2D eigenvalue weighted by Gasteiger charge is -2.11. The van der Waals surface area contributed by atoms with E-state index in [0.29, 0.717) is 37.0 Å². The van der Waals surface area contributed by atoms with Gasteiger partial charge in [0.2, 0.25) is 0 Å². The van der Waals surface area contributed by atoms with Crippen molar-refractivity contribution in [2.24, 2.45) is 23.3 Å². The second-order valence-electron chi connectivity index (χ2n) is 10.7. The largest absolute Gasteiger partial charge is 0.350 e. The minimum absolute atomic E-state index is 0.0471. The van der Waals surface area contributed by atoms with Gasteiger partial charge in [0, 0.05) is 48.8 Å². The van der Waals surface area contributed by atoms with E-state index in [1.807, 2.05) is 0 Å². The van der Waals surface area contributed by atoms with Gasteiger partial charge in [-0.15, -0.1) is 0 Å². The van der Waals surface area contributed by atoms with Gasteiger partial charge in [-0.05, 0) is 49.2 Å². The molecule has 0 bridgehead atoms. The Morgan fingerprint density at radius 1 is 0.667 bits per heavy atom. The highest BCUT2D eigenvalue weighted by molar-refractivity contribution is 6.32. The minimum Gasteiger partial charge on any atom is -0.350 e. The lowest BCUT2D eigenvalue weighted by Crippen LogP contribution is -2.30. The fourth-order valence-corrected chi connectivity index (χ4v) is 5.71. The van der Waals surface area contributed by atoms with Crippen LogP contribution in [0.5, 0.6) is 0 Å². The lowest BCUT2D eigenvalue weighted by molar-refractivity contribution is 0.0949. The van der Waals surface area contributed by atoms with Crippen LogP contribution in [0.1, 0.15) is 33.8 Å². The third kappa shape index (κ3) is 6.05. The van der Waals surface area contributed by atoms with Crippen molar-refractivity contribution < 1.29 is 27.2 Å². The van der Waals surface area contributed by atoms with Crippen molar-refractivity contribution in [2.45, 2.75) is 24.9 Å². The zero-order chi connectivity index (χ0) is 30.3. The molecule has 0 aliphatic carbocycles.